The fourth-order valence-electron chi connectivity index (χ4n) is 6.33. The van der Waals surface area contributed by atoms with Gasteiger partial charge in [-0.25, -0.2) is 4.39 Å². The first-order chi connectivity index (χ1) is 23.7. The lowest BCUT2D eigenvalue weighted by atomic mass is 10.00. The summed E-state index contributed by atoms with van der Waals surface area (Å²) in [4.78, 5) is 26.8. The summed E-state index contributed by atoms with van der Waals surface area (Å²) in [5.74, 6) is -3.40. The average molecular weight is 702 g/mol. The van der Waals surface area contributed by atoms with E-state index < -0.39 is 12.1 Å². The van der Waals surface area contributed by atoms with Gasteiger partial charge in [0.05, 0.1) is 26.7 Å². The minimum absolute atomic E-state index is 0.133. The summed E-state index contributed by atoms with van der Waals surface area (Å²) in [7, 11) is 2.27. The van der Waals surface area contributed by atoms with Crippen molar-refractivity contribution in [1.82, 2.24) is 20.4 Å². The Bertz CT molecular complexity index is 1580. The van der Waals surface area contributed by atoms with Gasteiger partial charge in [0.25, 0.3) is 5.91 Å². The van der Waals surface area contributed by atoms with Crippen molar-refractivity contribution in [3.8, 4) is 11.1 Å². The van der Waals surface area contributed by atoms with Gasteiger partial charge < -0.3 is 30.1 Å². The van der Waals surface area contributed by atoms with Crippen LogP contribution in [0.3, 0.4) is 0 Å². The van der Waals surface area contributed by atoms with Crippen molar-refractivity contribution in [1.29, 1.82) is 0 Å². The highest BCUT2D eigenvalue weighted by molar-refractivity contribution is 5.94. The Labute approximate surface area is 291 Å². The summed E-state index contributed by atoms with van der Waals surface area (Å²) < 4.78 is 47.5. The number of amides is 1. The number of rotatable bonds is 11. The minimum atomic E-state index is -5.19. The van der Waals surface area contributed by atoms with Gasteiger partial charge in [-0.05, 0) is 59.5 Å². The van der Waals surface area contributed by atoms with E-state index >= 15 is 0 Å². The highest BCUT2D eigenvalue weighted by atomic mass is 19.4. The number of piperazine rings is 2. The molecule has 0 bridgehead atoms. The van der Waals surface area contributed by atoms with Gasteiger partial charge in [0.15, 0.2) is 0 Å². The van der Waals surface area contributed by atoms with Gasteiger partial charge >= 0.3 is 6.18 Å². The minimum Gasteiger partial charge on any atom is -0.542 e. The summed E-state index contributed by atoms with van der Waals surface area (Å²) in [6, 6.07) is 21.5. The van der Waals surface area contributed by atoms with Crippen LogP contribution in [0.1, 0.15) is 40.4 Å². The molecule has 0 radical (unpaired) electrons. The number of halogens is 4. The number of carboxylic acids is 1. The fourth-order valence-corrected chi connectivity index (χ4v) is 6.33. The number of aliphatic hydroxyl groups is 1. The molecule has 2 heterocycles. The topological polar surface area (TPSA) is 108 Å². The van der Waals surface area contributed by atoms with Crippen molar-refractivity contribution in [3.05, 3.63) is 94.8 Å². The van der Waals surface area contributed by atoms with E-state index in [9.17, 15) is 27.5 Å². The van der Waals surface area contributed by atoms with Gasteiger partial charge in [-0.3, -0.25) is 14.6 Å². The van der Waals surface area contributed by atoms with Crippen molar-refractivity contribution in [3.63, 3.8) is 0 Å². The second-order valence-electron chi connectivity index (χ2n) is 13.4. The second kappa shape index (κ2) is 17.9. The molecule has 0 spiro atoms. The molecule has 1 atom stereocenters. The van der Waals surface area contributed by atoms with Crippen molar-refractivity contribution in [2.45, 2.75) is 45.2 Å². The lowest BCUT2D eigenvalue weighted by Gasteiger charge is -2.42. The van der Waals surface area contributed by atoms with Crippen LogP contribution < -0.4 is 15.7 Å². The van der Waals surface area contributed by atoms with Gasteiger partial charge in [-0.15, -0.1) is 0 Å². The lowest BCUT2D eigenvalue weighted by Crippen LogP contribution is -2.57. The molecule has 2 aliphatic heterocycles. The summed E-state index contributed by atoms with van der Waals surface area (Å²) in [5.41, 5.74) is 5.19. The predicted octanol–water partition coefficient (Wildman–Crippen LogP) is 3.16. The maximum atomic E-state index is 15.0. The summed E-state index contributed by atoms with van der Waals surface area (Å²) in [5, 5.41) is 24.5. The monoisotopic (exact) mass is 701 g/mol. The van der Waals surface area contributed by atoms with Gasteiger partial charge in [-0.2, -0.15) is 13.2 Å². The number of aliphatic carboxylic acids is 1. The van der Waals surface area contributed by atoms with Crippen LogP contribution >= 0.6 is 0 Å². The molecule has 0 unspecified atom stereocenters. The SMILES string of the molecule is C[C@H]1CN(Cc2cccc(-c3cc(CNC(=O)c4cccc(CN5CC[N+](C)(CCCO)CC5)c4)ccc3F)c2)CCN1.O=C([O-])C(F)(F)F. The molecule has 13 heteroatoms. The molecule has 272 valence electrons. The zero-order valence-electron chi connectivity index (χ0n) is 28.6. The Morgan fingerprint density at radius 1 is 0.960 bits per heavy atom. The van der Waals surface area contributed by atoms with Gasteiger partial charge in [0.1, 0.15) is 11.8 Å². The van der Waals surface area contributed by atoms with Crippen LogP contribution in [0.15, 0.2) is 66.7 Å². The van der Waals surface area contributed by atoms with Crippen LogP contribution in [0.25, 0.3) is 11.1 Å². The largest absolute Gasteiger partial charge is 0.542 e. The molecule has 0 saturated carbocycles. The molecule has 9 nitrogen and oxygen atoms in total. The molecular formula is C37H47F4N5O4. The first kappa shape index (κ1) is 38.9. The Hall–Kier alpha value is -3.88. The number of quaternary nitrogens is 1. The van der Waals surface area contributed by atoms with E-state index in [1.807, 2.05) is 36.4 Å². The highest BCUT2D eigenvalue weighted by Gasteiger charge is 2.29. The summed E-state index contributed by atoms with van der Waals surface area (Å²) in [6.45, 7) is 12.6. The number of aliphatic hydroxyl groups excluding tert-OH is 1. The van der Waals surface area contributed by atoms with Crippen LogP contribution in [0.4, 0.5) is 17.6 Å². The van der Waals surface area contributed by atoms with Crippen LogP contribution in [0.2, 0.25) is 0 Å². The number of likely N-dealkylation sites (N-methyl/N-ethyl adjacent to an activating group) is 1. The van der Waals surface area contributed by atoms with E-state index in [1.165, 1.54) is 11.6 Å². The molecule has 0 aliphatic carbocycles. The Morgan fingerprint density at radius 3 is 2.28 bits per heavy atom. The quantitative estimate of drug-likeness (QED) is 0.208. The molecule has 3 aromatic carbocycles. The number of nitrogens with one attached hydrogen (secondary N) is 2. The standard InChI is InChI=1S/C35H46FN5O2.C2HF3O2/c1-27-24-40(13-12-37-27)26-29-6-3-8-31(20-29)33-22-28(10-11-34(33)36)23-38-35(43)32-9-4-7-30(21-32)25-39-14-17-41(2,18-15-39)16-5-19-42;3-2(4,5)1(6)7/h3-4,6-11,20-22,27,37,42H,5,12-19,23-26H2,1-2H3;(H,6,7)/t27-;/m0./s1. The Kier molecular flexibility index (Phi) is 13.9. The lowest BCUT2D eigenvalue weighted by molar-refractivity contribution is -0.914. The van der Waals surface area contributed by atoms with Crippen LogP contribution in [0, 0.1) is 5.82 Å². The van der Waals surface area contributed by atoms with E-state index in [0.29, 0.717) is 23.7 Å². The van der Waals surface area contributed by atoms with Crippen LogP contribution in [-0.2, 0) is 24.4 Å². The highest BCUT2D eigenvalue weighted by Crippen LogP contribution is 2.26. The number of carbonyl (C=O) groups excluding carboxylic acids is 2. The number of carboxylic acid groups (broad SMARTS) is 1. The average Bonchev–Trinajstić information content (AvgIpc) is 3.08. The van der Waals surface area contributed by atoms with Crippen LogP contribution in [-0.4, -0.2) is 109 Å². The molecule has 50 heavy (non-hydrogen) atoms. The van der Waals surface area contributed by atoms with Gasteiger partial charge in [0, 0.05) is 82.6 Å². The molecule has 0 aromatic heterocycles. The second-order valence-corrected chi connectivity index (χ2v) is 13.4. The van der Waals surface area contributed by atoms with Gasteiger partial charge in [-0.1, -0.05) is 36.4 Å². The molecule has 1 amide bonds. The van der Waals surface area contributed by atoms with Crippen molar-refractivity contribution in [2.24, 2.45) is 0 Å². The number of hydrogen-bond donors (Lipinski definition) is 3. The Morgan fingerprint density at radius 2 is 1.62 bits per heavy atom. The molecule has 2 fully saturated rings. The number of carbonyl (C=O) groups is 2. The number of alkyl halides is 3. The van der Waals surface area contributed by atoms with E-state index in [4.69, 9.17) is 9.90 Å². The zero-order valence-corrected chi connectivity index (χ0v) is 28.6. The van der Waals surface area contributed by atoms with Crippen molar-refractivity contribution in [2.75, 3.05) is 66.0 Å². The smallest absolute Gasteiger partial charge is 0.430 e. The summed E-state index contributed by atoms with van der Waals surface area (Å²) in [6.07, 6.45) is -4.35. The third-order valence-corrected chi connectivity index (χ3v) is 9.18. The zero-order chi connectivity index (χ0) is 36.3. The number of hydrogen-bond acceptors (Lipinski definition) is 7. The van der Waals surface area contributed by atoms with E-state index in [-0.39, 0.29) is 18.3 Å². The van der Waals surface area contributed by atoms with E-state index in [2.05, 4.69) is 52.6 Å². The van der Waals surface area contributed by atoms with Crippen molar-refractivity contribution >= 4 is 11.9 Å². The molecule has 5 rings (SSSR count). The molecule has 3 aromatic rings. The molecule has 2 saturated heterocycles. The number of nitrogens with zero attached hydrogens (tertiary/aromatic N) is 3. The van der Waals surface area contributed by atoms with Gasteiger partial charge in [0.2, 0.25) is 0 Å². The molecule has 3 N–H and O–H groups in total. The fraction of sp³-hybridized carbons (Fsp3) is 0.459. The molecular weight excluding hydrogens is 654 g/mol. The first-order valence-electron chi connectivity index (χ1n) is 16.9. The normalized spacial score (nSPS) is 18.2. The third-order valence-electron chi connectivity index (χ3n) is 9.18. The predicted molar refractivity (Wildman–Crippen MR) is 181 cm³/mol. The number of benzene rings is 3. The third kappa shape index (κ3) is 11.9. The maximum absolute atomic E-state index is 15.0. The molecule has 2 aliphatic rings. The Balaban J connectivity index is 0.000000727. The van der Waals surface area contributed by atoms with Crippen LogP contribution in [0.5, 0.6) is 0 Å². The van der Waals surface area contributed by atoms with E-state index in [0.717, 1.165) is 93.0 Å². The van der Waals surface area contributed by atoms with Crippen molar-refractivity contribution < 1.29 is 41.8 Å². The maximum Gasteiger partial charge on any atom is 0.430 e. The van der Waals surface area contributed by atoms with E-state index in [1.54, 1.807) is 6.07 Å². The summed E-state index contributed by atoms with van der Waals surface area (Å²) >= 11 is 0. The first-order valence-corrected chi connectivity index (χ1v) is 16.9.